The zero-order valence-electron chi connectivity index (χ0n) is 14.0. The van der Waals surface area contributed by atoms with Gasteiger partial charge in [0.2, 0.25) is 0 Å². The van der Waals surface area contributed by atoms with Gasteiger partial charge in [0, 0.05) is 46.0 Å². The van der Waals surface area contributed by atoms with Crippen molar-refractivity contribution in [3.8, 4) is 0 Å². The van der Waals surface area contributed by atoms with Crippen LogP contribution in [-0.2, 0) is 6.54 Å². The van der Waals surface area contributed by atoms with Crippen molar-refractivity contribution in [2.75, 3.05) is 38.1 Å². The van der Waals surface area contributed by atoms with Crippen molar-refractivity contribution in [2.45, 2.75) is 6.54 Å². The number of rotatable bonds is 4. The molecule has 0 atom stereocenters. The summed E-state index contributed by atoms with van der Waals surface area (Å²) < 4.78 is 0. The molecule has 2 heterocycles. The fraction of sp³-hybridized carbons (Fsp3) is 0.333. The van der Waals surface area contributed by atoms with Crippen LogP contribution in [0.25, 0.3) is 0 Å². The summed E-state index contributed by atoms with van der Waals surface area (Å²) in [5.74, 6) is 0.624. The van der Waals surface area contributed by atoms with Crippen LogP contribution in [0.4, 0.5) is 5.82 Å². The van der Waals surface area contributed by atoms with E-state index in [2.05, 4.69) is 20.1 Å². The molecule has 25 heavy (non-hydrogen) atoms. The molecule has 7 heteroatoms. The van der Waals surface area contributed by atoms with Crippen LogP contribution in [0.15, 0.2) is 36.5 Å². The highest BCUT2D eigenvalue weighted by atomic mass is 35.5. The van der Waals surface area contributed by atoms with E-state index in [1.54, 1.807) is 31.4 Å². The molecule has 0 spiro atoms. The van der Waals surface area contributed by atoms with E-state index in [1.807, 2.05) is 12.1 Å². The van der Waals surface area contributed by atoms with Gasteiger partial charge in [0.15, 0.2) is 0 Å². The molecular formula is C18H20Cl2N4O. The number of anilines is 1. The standard InChI is InChI=1S/C18H20Cl2N4O/c1-21-18(25)14-5-3-7-22-17(14)24-10-8-23(9-11-24)12-13-4-2-6-15(19)16(13)20/h2-7H,8-12H2,1H3,(H,21,25). The molecule has 0 aliphatic carbocycles. The molecule has 0 radical (unpaired) electrons. The second-order valence-electron chi connectivity index (χ2n) is 5.93. The molecule has 1 aliphatic rings. The average molecular weight is 379 g/mol. The normalized spacial score (nSPS) is 15.2. The Balaban J connectivity index is 1.67. The van der Waals surface area contributed by atoms with Gasteiger partial charge >= 0.3 is 0 Å². The van der Waals surface area contributed by atoms with Crippen molar-refractivity contribution in [2.24, 2.45) is 0 Å². The van der Waals surface area contributed by atoms with Crippen LogP contribution in [0.5, 0.6) is 0 Å². The summed E-state index contributed by atoms with van der Waals surface area (Å²) >= 11 is 12.4. The highest BCUT2D eigenvalue weighted by Crippen LogP contribution is 2.27. The molecule has 1 fully saturated rings. The quantitative estimate of drug-likeness (QED) is 0.887. The molecule has 1 N–H and O–H groups in total. The van der Waals surface area contributed by atoms with Crippen LogP contribution in [0.2, 0.25) is 10.0 Å². The van der Waals surface area contributed by atoms with E-state index < -0.39 is 0 Å². The third-order valence-electron chi connectivity index (χ3n) is 4.36. The molecule has 0 bridgehead atoms. The van der Waals surface area contributed by atoms with Gasteiger partial charge in [-0.15, -0.1) is 0 Å². The summed E-state index contributed by atoms with van der Waals surface area (Å²) in [6, 6.07) is 9.31. The van der Waals surface area contributed by atoms with Crippen LogP contribution in [-0.4, -0.2) is 49.0 Å². The van der Waals surface area contributed by atoms with Crippen LogP contribution in [0.1, 0.15) is 15.9 Å². The number of hydrogen-bond donors (Lipinski definition) is 1. The van der Waals surface area contributed by atoms with Crippen molar-refractivity contribution in [1.82, 2.24) is 15.2 Å². The first-order valence-corrected chi connectivity index (χ1v) is 8.93. The van der Waals surface area contributed by atoms with Crippen molar-refractivity contribution in [3.05, 3.63) is 57.7 Å². The van der Waals surface area contributed by atoms with Gasteiger partial charge in [-0.1, -0.05) is 35.3 Å². The topological polar surface area (TPSA) is 48.5 Å². The zero-order valence-corrected chi connectivity index (χ0v) is 15.5. The summed E-state index contributed by atoms with van der Waals surface area (Å²) in [5, 5.41) is 3.88. The third kappa shape index (κ3) is 4.06. The molecule has 1 amide bonds. The third-order valence-corrected chi connectivity index (χ3v) is 5.21. The lowest BCUT2D eigenvalue weighted by molar-refractivity contribution is 0.0963. The monoisotopic (exact) mass is 378 g/mol. The molecule has 3 rings (SSSR count). The number of hydrogen-bond acceptors (Lipinski definition) is 4. The van der Waals surface area contributed by atoms with Gasteiger partial charge in [0.25, 0.3) is 5.91 Å². The minimum absolute atomic E-state index is 0.115. The van der Waals surface area contributed by atoms with E-state index in [9.17, 15) is 4.79 Å². The molecule has 0 saturated carbocycles. The van der Waals surface area contributed by atoms with Crippen molar-refractivity contribution in [1.29, 1.82) is 0 Å². The zero-order chi connectivity index (χ0) is 17.8. The Morgan fingerprint density at radius 2 is 1.92 bits per heavy atom. The number of carbonyl (C=O) groups excluding carboxylic acids is 1. The van der Waals surface area contributed by atoms with Crippen molar-refractivity contribution < 1.29 is 4.79 Å². The number of aromatic nitrogens is 1. The minimum atomic E-state index is -0.115. The first-order valence-electron chi connectivity index (χ1n) is 8.17. The summed E-state index contributed by atoms with van der Waals surface area (Å²) in [5.41, 5.74) is 1.64. The average Bonchev–Trinajstić information content (AvgIpc) is 2.65. The Morgan fingerprint density at radius 1 is 1.16 bits per heavy atom. The van der Waals surface area contributed by atoms with Gasteiger partial charge in [-0.3, -0.25) is 9.69 Å². The first-order chi connectivity index (χ1) is 12.1. The highest BCUT2D eigenvalue weighted by molar-refractivity contribution is 6.42. The van der Waals surface area contributed by atoms with Crippen molar-refractivity contribution >= 4 is 34.9 Å². The van der Waals surface area contributed by atoms with Gasteiger partial charge in [-0.25, -0.2) is 4.98 Å². The Kier molecular flexibility index (Phi) is 5.78. The summed E-state index contributed by atoms with van der Waals surface area (Å²) in [7, 11) is 1.63. The maximum Gasteiger partial charge on any atom is 0.254 e. The lowest BCUT2D eigenvalue weighted by Gasteiger charge is -2.36. The van der Waals surface area contributed by atoms with E-state index >= 15 is 0 Å². The first kappa shape index (κ1) is 18.0. The molecule has 2 aromatic rings. The fourth-order valence-corrected chi connectivity index (χ4v) is 3.37. The van der Waals surface area contributed by atoms with Gasteiger partial charge in [0.1, 0.15) is 5.82 Å². The van der Waals surface area contributed by atoms with Crippen LogP contribution < -0.4 is 10.2 Å². The van der Waals surface area contributed by atoms with E-state index in [-0.39, 0.29) is 5.91 Å². The molecule has 0 unspecified atom stereocenters. The number of nitrogens with one attached hydrogen (secondary N) is 1. The fourth-order valence-electron chi connectivity index (χ4n) is 2.99. The van der Waals surface area contributed by atoms with Gasteiger partial charge in [-0.2, -0.15) is 0 Å². The summed E-state index contributed by atoms with van der Waals surface area (Å²) in [6.45, 7) is 4.11. The number of halogens is 2. The van der Waals surface area contributed by atoms with Crippen LogP contribution in [0, 0.1) is 0 Å². The van der Waals surface area contributed by atoms with Gasteiger partial charge < -0.3 is 10.2 Å². The highest BCUT2D eigenvalue weighted by Gasteiger charge is 2.22. The predicted molar refractivity (Wildman–Crippen MR) is 102 cm³/mol. The molecule has 1 saturated heterocycles. The minimum Gasteiger partial charge on any atom is -0.355 e. The number of benzene rings is 1. The number of pyridine rings is 1. The molecule has 1 aliphatic heterocycles. The van der Waals surface area contributed by atoms with Crippen LogP contribution in [0.3, 0.4) is 0 Å². The Morgan fingerprint density at radius 3 is 2.64 bits per heavy atom. The number of carbonyl (C=O) groups is 1. The lowest BCUT2D eigenvalue weighted by Crippen LogP contribution is -2.46. The predicted octanol–water partition coefficient (Wildman–Crippen LogP) is 3.07. The summed E-state index contributed by atoms with van der Waals surface area (Å²) in [4.78, 5) is 20.9. The number of piperazine rings is 1. The van der Waals surface area contributed by atoms with Gasteiger partial charge in [0.05, 0.1) is 15.6 Å². The summed E-state index contributed by atoms with van der Waals surface area (Å²) in [6.07, 6.45) is 1.72. The largest absolute Gasteiger partial charge is 0.355 e. The number of amides is 1. The van der Waals surface area contributed by atoms with E-state index in [4.69, 9.17) is 23.2 Å². The van der Waals surface area contributed by atoms with Crippen molar-refractivity contribution in [3.63, 3.8) is 0 Å². The van der Waals surface area contributed by atoms with E-state index in [0.717, 1.165) is 44.1 Å². The maximum atomic E-state index is 12.0. The van der Waals surface area contributed by atoms with E-state index in [1.165, 1.54) is 0 Å². The lowest BCUT2D eigenvalue weighted by atomic mass is 10.1. The second-order valence-corrected chi connectivity index (χ2v) is 6.71. The molecule has 1 aromatic heterocycles. The van der Waals surface area contributed by atoms with E-state index in [0.29, 0.717) is 15.6 Å². The SMILES string of the molecule is CNC(=O)c1cccnc1N1CCN(Cc2cccc(Cl)c2Cl)CC1. The molecule has 132 valence electrons. The second kappa shape index (κ2) is 8.04. The molecule has 1 aromatic carbocycles. The smallest absolute Gasteiger partial charge is 0.254 e. The molecular weight excluding hydrogens is 359 g/mol. The van der Waals surface area contributed by atoms with Crippen LogP contribution >= 0.6 is 23.2 Å². The maximum absolute atomic E-state index is 12.0. The Labute approximate surface area is 157 Å². The van der Waals surface area contributed by atoms with Gasteiger partial charge in [-0.05, 0) is 23.8 Å². The Bertz CT molecular complexity index is 760. The Hall–Kier alpha value is -1.82. The molecule has 5 nitrogen and oxygen atoms in total. The number of nitrogens with zero attached hydrogens (tertiary/aromatic N) is 3.